The molecule has 8 heteroatoms. The molecule has 18 heavy (non-hydrogen) atoms. The number of hydrogen-bond acceptors (Lipinski definition) is 3. The number of benzene rings is 1. The van der Waals surface area contributed by atoms with Gasteiger partial charge in [0.1, 0.15) is 5.75 Å². The Hall–Kier alpha value is -2.48. The van der Waals surface area contributed by atoms with Crippen LogP contribution in [0, 0.1) is 0 Å². The van der Waals surface area contributed by atoms with Gasteiger partial charge in [-0.3, -0.25) is 0 Å². The summed E-state index contributed by atoms with van der Waals surface area (Å²) < 4.78 is 5.21. The zero-order valence-electron chi connectivity index (χ0n) is 9.61. The lowest BCUT2D eigenvalue weighted by Gasteiger charge is -1.99. The summed E-state index contributed by atoms with van der Waals surface area (Å²) >= 11 is 0. The Morgan fingerprint density at radius 1 is 1.00 bits per heavy atom. The van der Waals surface area contributed by atoms with Crippen molar-refractivity contribution in [2.75, 3.05) is 6.61 Å². The van der Waals surface area contributed by atoms with Gasteiger partial charge in [0.2, 0.25) is 0 Å². The predicted octanol–water partition coefficient (Wildman–Crippen LogP) is 1.71. The van der Waals surface area contributed by atoms with Gasteiger partial charge in [-0.15, -0.1) is 0 Å². The van der Waals surface area contributed by atoms with E-state index >= 15 is 0 Å². The van der Waals surface area contributed by atoms with Gasteiger partial charge < -0.3 is 30.6 Å². The van der Waals surface area contributed by atoms with Crippen LogP contribution in [0.2, 0.25) is 0 Å². The molecule has 0 aliphatic heterocycles. The van der Waals surface area contributed by atoms with E-state index in [1.54, 1.807) is 0 Å². The molecule has 0 aromatic heterocycles. The predicted molar refractivity (Wildman–Crippen MR) is 62.5 cm³/mol. The molecule has 6 N–H and O–H groups in total. The van der Waals surface area contributed by atoms with Crippen LogP contribution in [0.15, 0.2) is 30.3 Å². The second-order valence-corrected chi connectivity index (χ2v) is 2.31. The van der Waals surface area contributed by atoms with Crippen LogP contribution in [0.3, 0.4) is 0 Å². The van der Waals surface area contributed by atoms with Crippen LogP contribution in [-0.2, 0) is 0 Å². The van der Waals surface area contributed by atoms with Gasteiger partial charge in [-0.05, 0) is 19.1 Å². The average Bonchev–Trinajstić information content (AvgIpc) is 2.18. The molecule has 0 aliphatic carbocycles. The number of hydrogen-bond donors (Lipinski definition) is 4. The normalized spacial score (nSPS) is 7.17. The summed E-state index contributed by atoms with van der Waals surface area (Å²) in [5, 5.41) is 27.9. The first-order valence-corrected chi connectivity index (χ1v) is 4.41. The molecule has 0 saturated carbocycles. The van der Waals surface area contributed by atoms with E-state index in [0.717, 1.165) is 12.4 Å². The summed E-state index contributed by atoms with van der Waals surface area (Å²) in [4.78, 5) is 17.1. The third kappa shape index (κ3) is 29.2. The molecule has 1 rings (SSSR count). The molecule has 0 heterocycles. The van der Waals surface area contributed by atoms with Crippen LogP contribution < -0.4 is 4.74 Å². The van der Waals surface area contributed by atoms with E-state index in [1.165, 1.54) is 0 Å². The highest BCUT2D eigenvalue weighted by atomic mass is 16.6. The molecule has 0 aliphatic rings. The molecule has 0 saturated heterocycles. The monoisotopic (exact) mass is 264 g/mol. The molecule has 0 spiro atoms. The van der Waals surface area contributed by atoms with E-state index in [-0.39, 0.29) is 5.48 Å². The van der Waals surface area contributed by atoms with Crippen molar-refractivity contribution >= 4 is 12.3 Å². The molecule has 0 radical (unpaired) electrons. The summed E-state index contributed by atoms with van der Waals surface area (Å²) in [5.41, 5.74) is 0. The molecule has 1 aromatic rings. The molecule has 0 unspecified atom stereocenters. The number of rotatable bonds is 2. The summed E-state index contributed by atoms with van der Waals surface area (Å²) in [6.07, 6.45) is -3.67. The van der Waals surface area contributed by atoms with Crippen LogP contribution in [-0.4, -0.2) is 44.8 Å². The lowest BCUT2D eigenvalue weighted by molar-refractivity contribution is 0.135. The second kappa shape index (κ2) is 14.5. The Morgan fingerprint density at radius 2 is 1.33 bits per heavy atom. The summed E-state index contributed by atoms with van der Waals surface area (Å²) in [7, 11) is 0. The zero-order chi connectivity index (χ0) is 13.7. The van der Waals surface area contributed by atoms with Gasteiger partial charge in [0.05, 0.1) is 6.61 Å². The summed E-state index contributed by atoms with van der Waals surface area (Å²) in [5.74, 6) is 0.944. The van der Waals surface area contributed by atoms with Crippen molar-refractivity contribution in [3.05, 3.63) is 30.3 Å². The van der Waals surface area contributed by atoms with Gasteiger partial charge in [0.15, 0.2) is 0 Å². The number of ether oxygens (including phenoxy) is 1. The first kappa shape index (κ1) is 20.9. The fourth-order valence-electron chi connectivity index (χ4n) is 0.683. The Labute approximate surface area is 103 Å². The maximum absolute atomic E-state index is 8.56. The minimum absolute atomic E-state index is 0. The maximum atomic E-state index is 8.56. The van der Waals surface area contributed by atoms with Gasteiger partial charge in [0.25, 0.3) is 0 Å². The SMILES string of the molecule is CCOc1ccccc1.O.O=C(O)O.O=C(O)O. The quantitative estimate of drug-likeness (QED) is 0.633. The Morgan fingerprint density at radius 3 is 1.61 bits per heavy atom. The molecule has 104 valence electrons. The topological polar surface area (TPSA) is 156 Å². The van der Waals surface area contributed by atoms with Crippen molar-refractivity contribution < 1.29 is 40.2 Å². The highest BCUT2D eigenvalue weighted by Crippen LogP contribution is 2.06. The lowest BCUT2D eigenvalue weighted by Crippen LogP contribution is -1.89. The third-order valence-corrected chi connectivity index (χ3v) is 1.05. The van der Waals surface area contributed by atoms with E-state index in [0.29, 0.717) is 0 Å². The Kier molecular flexibility index (Phi) is 16.8. The van der Waals surface area contributed by atoms with E-state index in [2.05, 4.69) is 0 Å². The molecule has 0 atom stereocenters. The molecule has 0 bridgehead atoms. The van der Waals surface area contributed by atoms with Crippen LogP contribution >= 0.6 is 0 Å². The Balaban J connectivity index is -0.000000214. The molecule has 0 amide bonds. The van der Waals surface area contributed by atoms with Gasteiger partial charge in [-0.1, -0.05) is 18.2 Å². The lowest BCUT2D eigenvalue weighted by atomic mass is 10.3. The standard InChI is InChI=1S/C8H10O.2CH2O3.H2O/c1-2-9-8-6-4-3-5-7-8;2*2-1(3)4;/h3-7H,2H2,1H3;2*(H2,2,3,4);1H2. The minimum atomic E-state index is -1.83. The molecule has 8 nitrogen and oxygen atoms in total. The van der Waals surface area contributed by atoms with Crippen LogP contribution in [0.1, 0.15) is 6.92 Å². The van der Waals surface area contributed by atoms with Crippen molar-refractivity contribution in [1.82, 2.24) is 0 Å². The summed E-state index contributed by atoms with van der Waals surface area (Å²) in [6, 6.07) is 9.80. The van der Waals surface area contributed by atoms with Gasteiger partial charge in [-0.25, -0.2) is 9.59 Å². The van der Waals surface area contributed by atoms with Crippen LogP contribution in [0.5, 0.6) is 5.75 Å². The average molecular weight is 264 g/mol. The fraction of sp³-hybridized carbons (Fsp3) is 0.200. The van der Waals surface area contributed by atoms with Crippen LogP contribution in [0.4, 0.5) is 9.59 Å². The smallest absolute Gasteiger partial charge is 0.494 e. The number of para-hydroxylation sites is 1. The molecular weight excluding hydrogens is 248 g/mol. The second-order valence-electron chi connectivity index (χ2n) is 2.31. The minimum Gasteiger partial charge on any atom is -0.494 e. The largest absolute Gasteiger partial charge is 0.503 e. The third-order valence-electron chi connectivity index (χ3n) is 1.05. The fourth-order valence-corrected chi connectivity index (χ4v) is 0.683. The van der Waals surface area contributed by atoms with Crippen molar-refractivity contribution in [3.63, 3.8) is 0 Å². The van der Waals surface area contributed by atoms with Crippen molar-refractivity contribution in [3.8, 4) is 5.75 Å². The van der Waals surface area contributed by atoms with Crippen molar-refractivity contribution in [2.45, 2.75) is 6.92 Å². The molecule has 0 fully saturated rings. The van der Waals surface area contributed by atoms with E-state index < -0.39 is 12.3 Å². The number of carboxylic acid groups (broad SMARTS) is 4. The highest BCUT2D eigenvalue weighted by Gasteiger charge is 1.83. The highest BCUT2D eigenvalue weighted by molar-refractivity contribution is 5.53. The number of carbonyl (C=O) groups is 2. The van der Waals surface area contributed by atoms with Gasteiger partial charge in [0, 0.05) is 0 Å². The first-order chi connectivity index (χ1) is 7.90. The van der Waals surface area contributed by atoms with E-state index in [1.807, 2.05) is 37.3 Å². The van der Waals surface area contributed by atoms with Gasteiger partial charge >= 0.3 is 12.3 Å². The maximum Gasteiger partial charge on any atom is 0.503 e. The van der Waals surface area contributed by atoms with E-state index in [4.69, 9.17) is 34.8 Å². The Bertz CT molecular complexity index is 291. The first-order valence-electron chi connectivity index (χ1n) is 4.41. The molecule has 1 aromatic carbocycles. The van der Waals surface area contributed by atoms with E-state index in [9.17, 15) is 0 Å². The zero-order valence-corrected chi connectivity index (χ0v) is 9.61. The van der Waals surface area contributed by atoms with Crippen molar-refractivity contribution in [1.29, 1.82) is 0 Å². The van der Waals surface area contributed by atoms with Crippen molar-refractivity contribution in [2.24, 2.45) is 0 Å². The summed E-state index contributed by atoms with van der Waals surface area (Å²) in [6.45, 7) is 2.72. The van der Waals surface area contributed by atoms with Crippen LogP contribution in [0.25, 0.3) is 0 Å². The van der Waals surface area contributed by atoms with Gasteiger partial charge in [-0.2, -0.15) is 0 Å². The molecular formula is C10H16O8.